The Hall–Kier alpha value is -3.52. The number of nitrogens with one attached hydrogen (secondary N) is 1. The molecule has 2 N–H and O–H groups in total. The predicted molar refractivity (Wildman–Crippen MR) is 143 cm³/mol. The van der Waals surface area contributed by atoms with Crippen molar-refractivity contribution in [3.05, 3.63) is 77.4 Å². The lowest BCUT2D eigenvalue weighted by molar-refractivity contribution is -0.138. The molecule has 0 spiro atoms. The van der Waals surface area contributed by atoms with Crippen LogP contribution in [-0.2, 0) is 27.6 Å². The van der Waals surface area contributed by atoms with E-state index >= 15 is 0 Å². The van der Waals surface area contributed by atoms with Gasteiger partial charge in [0.1, 0.15) is 21.3 Å². The molecule has 0 bridgehead atoms. The van der Waals surface area contributed by atoms with Crippen LogP contribution in [0.4, 0.5) is 5.69 Å². The number of rotatable bonds is 10. The van der Waals surface area contributed by atoms with Crippen molar-refractivity contribution in [1.29, 1.82) is 0 Å². The number of hydrogen-bond acceptors (Lipinski definition) is 6. The normalized spacial score (nSPS) is 18.1. The van der Waals surface area contributed by atoms with Crippen LogP contribution >= 0.6 is 0 Å². The van der Waals surface area contributed by atoms with Gasteiger partial charge in [0.2, 0.25) is 0 Å². The molecule has 5 rings (SSSR count). The van der Waals surface area contributed by atoms with Gasteiger partial charge >= 0.3 is 5.97 Å². The van der Waals surface area contributed by atoms with E-state index in [1.54, 1.807) is 0 Å². The Morgan fingerprint density at radius 2 is 1.89 bits per heavy atom. The molecule has 3 aromatic carbocycles. The number of carboxylic acid groups (broad SMARTS) is 1. The van der Waals surface area contributed by atoms with Gasteiger partial charge in [-0.3, -0.25) is 4.79 Å². The molecule has 1 heterocycles. The van der Waals surface area contributed by atoms with Crippen LogP contribution in [-0.4, -0.2) is 44.7 Å². The Morgan fingerprint density at radius 3 is 2.62 bits per heavy atom. The fourth-order valence-corrected chi connectivity index (χ4v) is 5.47. The van der Waals surface area contributed by atoms with Gasteiger partial charge in [-0.2, -0.15) is 0 Å². The van der Waals surface area contributed by atoms with Crippen molar-refractivity contribution in [3.63, 3.8) is 0 Å². The van der Waals surface area contributed by atoms with Gasteiger partial charge in [0.05, 0.1) is 24.9 Å². The number of hydrogen-bond donors (Lipinski definition) is 2. The standard InChI is InChI=1S/C29H31NO6S/c1-37(33,34)14-2-12-35-23-8-9-24-21(16-23)11-13-36-28-10-3-19(15-26(24)28)18-30-22-6-4-20(5-7-22)25-17-27(25)29(31)32/h3-10,15-16,25,27,30H,2,11-14,17-18H2,1H3,(H,31,32). The molecular formula is C29H31NO6S. The summed E-state index contributed by atoms with van der Waals surface area (Å²) in [5, 5.41) is 12.6. The monoisotopic (exact) mass is 521 g/mol. The molecule has 2 unspecified atom stereocenters. The Labute approximate surface area is 217 Å². The first-order valence-corrected chi connectivity index (χ1v) is 14.6. The quantitative estimate of drug-likeness (QED) is 0.366. The highest BCUT2D eigenvalue weighted by Gasteiger charge is 2.44. The number of ether oxygens (including phenoxy) is 2. The van der Waals surface area contributed by atoms with Crippen molar-refractivity contribution in [2.45, 2.75) is 31.7 Å². The Balaban J connectivity index is 1.25. The maximum Gasteiger partial charge on any atom is 0.307 e. The van der Waals surface area contributed by atoms with Crippen LogP contribution in [0.25, 0.3) is 11.1 Å². The minimum absolute atomic E-state index is 0.117. The molecule has 37 heavy (non-hydrogen) atoms. The highest BCUT2D eigenvalue weighted by atomic mass is 32.2. The zero-order valence-electron chi connectivity index (χ0n) is 20.8. The minimum Gasteiger partial charge on any atom is -0.494 e. The van der Waals surface area contributed by atoms with E-state index < -0.39 is 15.8 Å². The van der Waals surface area contributed by atoms with E-state index in [4.69, 9.17) is 14.6 Å². The number of carbonyl (C=O) groups is 1. The Morgan fingerprint density at radius 1 is 1.08 bits per heavy atom. The molecule has 0 aromatic heterocycles. The average Bonchev–Trinajstić information content (AvgIpc) is 3.69. The zero-order valence-corrected chi connectivity index (χ0v) is 21.6. The van der Waals surface area contributed by atoms with Crippen molar-refractivity contribution in [3.8, 4) is 22.6 Å². The molecule has 194 valence electrons. The van der Waals surface area contributed by atoms with Crippen LogP contribution in [0.2, 0.25) is 0 Å². The van der Waals surface area contributed by atoms with Gasteiger partial charge in [0.15, 0.2) is 0 Å². The summed E-state index contributed by atoms with van der Waals surface area (Å²) in [6.45, 7) is 1.58. The number of carboxylic acids is 1. The van der Waals surface area contributed by atoms with E-state index in [1.165, 1.54) is 6.26 Å². The van der Waals surface area contributed by atoms with Crippen LogP contribution in [0.15, 0.2) is 60.7 Å². The summed E-state index contributed by atoms with van der Waals surface area (Å²) in [6, 6.07) is 20.3. The van der Waals surface area contributed by atoms with Crippen LogP contribution in [0.1, 0.15) is 35.4 Å². The summed E-state index contributed by atoms with van der Waals surface area (Å²) in [5.41, 5.74) is 6.48. The molecule has 1 aliphatic heterocycles. The van der Waals surface area contributed by atoms with E-state index in [-0.39, 0.29) is 17.6 Å². The van der Waals surface area contributed by atoms with Crippen molar-refractivity contribution in [1.82, 2.24) is 0 Å². The third kappa shape index (κ3) is 6.25. The summed E-state index contributed by atoms with van der Waals surface area (Å²) in [6.07, 6.45) is 3.18. The van der Waals surface area contributed by atoms with E-state index in [9.17, 15) is 13.2 Å². The number of fused-ring (bicyclic) bond motifs is 3. The maximum atomic E-state index is 11.3. The molecule has 3 aromatic rings. The second-order valence-electron chi connectivity index (χ2n) is 9.84. The van der Waals surface area contributed by atoms with E-state index in [1.807, 2.05) is 48.5 Å². The number of anilines is 1. The smallest absolute Gasteiger partial charge is 0.307 e. The van der Waals surface area contributed by atoms with Gasteiger partial charge in [0, 0.05) is 30.5 Å². The summed E-state index contributed by atoms with van der Waals surface area (Å²) < 4.78 is 34.5. The highest BCUT2D eigenvalue weighted by Crippen LogP contribution is 2.47. The maximum absolute atomic E-state index is 11.3. The fourth-order valence-electron chi connectivity index (χ4n) is 4.82. The molecule has 2 aliphatic rings. The average molecular weight is 522 g/mol. The van der Waals surface area contributed by atoms with Crippen LogP contribution in [0.3, 0.4) is 0 Å². The van der Waals surface area contributed by atoms with Crippen molar-refractivity contribution < 1.29 is 27.8 Å². The first kappa shape index (κ1) is 25.1. The lowest BCUT2D eigenvalue weighted by Gasteiger charge is -2.14. The largest absolute Gasteiger partial charge is 0.494 e. The topological polar surface area (TPSA) is 102 Å². The molecule has 7 nitrogen and oxygen atoms in total. The van der Waals surface area contributed by atoms with Gasteiger partial charge in [0.25, 0.3) is 0 Å². The highest BCUT2D eigenvalue weighted by molar-refractivity contribution is 7.90. The fraction of sp³-hybridized carbons (Fsp3) is 0.345. The molecule has 0 radical (unpaired) electrons. The first-order chi connectivity index (χ1) is 17.8. The van der Waals surface area contributed by atoms with Gasteiger partial charge < -0.3 is 19.9 Å². The van der Waals surface area contributed by atoms with Gasteiger partial charge in [-0.25, -0.2) is 8.42 Å². The molecule has 0 saturated heterocycles. The van der Waals surface area contributed by atoms with Crippen molar-refractivity contribution >= 4 is 21.5 Å². The van der Waals surface area contributed by atoms with E-state index in [2.05, 4.69) is 17.4 Å². The Kier molecular flexibility index (Phi) is 7.11. The summed E-state index contributed by atoms with van der Waals surface area (Å²) >= 11 is 0. The van der Waals surface area contributed by atoms with Gasteiger partial charge in [-0.15, -0.1) is 0 Å². The third-order valence-electron chi connectivity index (χ3n) is 6.91. The molecule has 2 atom stereocenters. The lowest BCUT2D eigenvalue weighted by atomic mass is 9.96. The second kappa shape index (κ2) is 10.5. The van der Waals surface area contributed by atoms with E-state index in [0.717, 1.165) is 57.8 Å². The Bertz CT molecular complexity index is 1400. The summed E-state index contributed by atoms with van der Waals surface area (Å²) in [4.78, 5) is 11.1. The zero-order chi connectivity index (χ0) is 26.0. The van der Waals surface area contributed by atoms with Crippen LogP contribution < -0.4 is 14.8 Å². The lowest BCUT2D eigenvalue weighted by Crippen LogP contribution is -2.08. The molecule has 1 aliphatic carbocycles. The van der Waals surface area contributed by atoms with Crippen molar-refractivity contribution in [2.75, 3.05) is 30.5 Å². The van der Waals surface area contributed by atoms with Crippen LogP contribution in [0.5, 0.6) is 11.5 Å². The predicted octanol–water partition coefficient (Wildman–Crippen LogP) is 4.90. The molecular weight excluding hydrogens is 490 g/mol. The molecule has 1 fully saturated rings. The van der Waals surface area contributed by atoms with Gasteiger partial charge in [-0.05, 0) is 77.4 Å². The molecule has 8 heteroatoms. The van der Waals surface area contributed by atoms with E-state index in [0.29, 0.717) is 26.2 Å². The molecule has 0 amide bonds. The minimum atomic E-state index is -2.99. The second-order valence-corrected chi connectivity index (χ2v) is 12.1. The summed E-state index contributed by atoms with van der Waals surface area (Å²) in [5.74, 6) is 0.880. The first-order valence-electron chi connectivity index (χ1n) is 12.5. The third-order valence-corrected chi connectivity index (χ3v) is 7.94. The van der Waals surface area contributed by atoms with Crippen molar-refractivity contribution in [2.24, 2.45) is 5.92 Å². The summed E-state index contributed by atoms with van der Waals surface area (Å²) in [7, 11) is -2.99. The number of benzene rings is 3. The van der Waals surface area contributed by atoms with Crippen LogP contribution in [0, 0.1) is 5.92 Å². The SMILES string of the molecule is CS(=O)(=O)CCCOc1ccc2c(c1)CCOc1ccc(CNc3ccc(C4CC4C(=O)O)cc3)cc1-2. The van der Waals surface area contributed by atoms with Gasteiger partial charge in [-0.1, -0.05) is 24.3 Å². The molecule has 1 saturated carbocycles. The number of aliphatic carboxylic acids is 1. The number of sulfone groups is 1.